The van der Waals surface area contributed by atoms with Crippen molar-refractivity contribution < 1.29 is 34.0 Å². The van der Waals surface area contributed by atoms with Crippen molar-refractivity contribution in [3.8, 4) is 0 Å². The summed E-state index contributed by atoms with van der Waals surface area (Å²) >= 11 is 0. The van der Waals surface area contributed by atoms with E-state index in [0.717, 1.165) is 4.90 Å². The summed E-state index contributed by atoms with van der Waals surface area (Å²) < 4.78 is 9.40. The Hall–Kier alpha value is -2.74. The number of imide groups is 1. The van der Waals surface area contributed by atoms with Gasteiger partial charge in [0.2, 0.25) is 5.91 Å². The number of nitrogens with zero attached hydrogens (tertiary/aromatic N) is 1. The van der Waals surface area contributed by atoms with Gasteiger partial charge in [-0.05, 0) is 31.2 Å². The van der Waals surface area contributed by atoms with Crippen molar-refractivity contribution in [2.24, 2.45) is 0 Å². The third-order valence-corrected chi connectivity index (χ3v) is 3.61. The molecule has 0 unspecified atom stereocenters. The smallest absolute Gasteiger partial charge is 0.361 e. The number of methoxy groups -OCH3 is 1. The van der Waals surface area contributed by atoms with Crippen molar-refractivity contribution in [3.63, 3.8) is 0 Å². The molecule has 8 heteroatoms. The van der Waals surface area contributed by atoms with E-state index in [9.17, 15) is 19.2 Å². The van der Waals surface area contributed by atoms with Gasteiger partial charge in [-0.1, -0.05) is 0 Å². The zero-order valence-corrected chi connectivity index (χ0v) is 13.5. The molecule has 24 heavy (non-hydrogen) atoms. The number of carbonyl (C=O) groups is 4. The minimum atomic E-state index is -0.652. The maximum atomic E-state index is 12.4. The summed E-state index contributed by atoms with van der Waals surface area (Å²) in [4.78, 5) is 48.3. The highest BCUT2D eigenvalue weighted by molar-refractivity contribution is 6.21. The number of benzene rings is 1. The minimum Gasteiger partial charge on any atom is -0.465 e. The molecule has 1 aromatic carbocycles. The first-order chi connectivity index (χ1) is 11.5. The molecule has 0 saturated carbocycles. The largest absolute Gasteiger partial charge is 0.465 e. The monoisotopic (exact) mass is 335 g/mol. The molecule has 1 aliphatic rings. The molecule has 1 fully saturated rings. The molecule has 128 valence electrons. The lowest BCUT2D eigenvalue weighted by Gasteiger charge is -2.14. The molecule has 2 amide bonds. The molecule has 0 spiro atoms. The molecule has 8 nitrogen and oxygen atoms in total. The SMILES string of the molecule is CCOC(=O)c1ccc(N2C(=O)C[C@@H]([NH2+]CC(=O)OC)C2=O)cc1. The second-order valence-corrected chi connectivity index (χ2v) is 5.16. The van der Waals surface area contributed by atoms with Crippen molar-refractivity contribution in [1.82, 2.24) is 0 Å². The predicted molar refractivity (Wildman–Crippen MR) is 82.1 cm³/mol. The van der Waals surface area contributed by atoms with Gasteiger partial charge in [0.25, 0.3) is 5.91 Å². The molecule has 1 aromatic rings. The van der Waals surface area contributed by atoms with Gasteiger partial charge in [0.05, 0.1) is 31.4 Å². The predicted octanol–water partition coefficient (Wildman–Crippen LogP) is -0.768. The van der Waals surface area contributed by atoms with Crippen LogP contribution in [0.3, 0.4) is 0 Å². The number of esters is 2. The topological polar surface area (TPSA) is 107 Å². The lowest BCUT2D eigenvalue weighted by Crippen LogP contribution is -2.93. The van der Waals surface area contributed by atoms with Crippen molar-refractivity contribution in [2.75, 3.05) is 25.2 Å². The van der Waals surface area contributed by atoms with E-state index >= 15 is 0 Å². The summed E-state index contributed by atoms with van der Waals surface area (Å²) in [6.45, 7) is 1.94. The number of quaternary nitrogens is 1. The molecule has 2 N–H and O–H groups in total. The van der Waals surface area contributed by atoms with Gasteiger partial charge in [-0.15, -0.1) is 0 Å². The highest BCUT2D eigenvalue weighted by atomic mass is 16.5. The Bertz CT molecular complexity index is 655. The van der Waals surface area contributed by atoms with E-state index < -0.39 is 23.9 Å². The number of rotatable bonds is 6. The van der Waals surface area contributed by atoms with Crippen LogP contribution in [0.15, 0.2) is 24.3 Å². The summed E-state index contributed by atoms with van der Waals surface area (Å²) in [7, 11) is 1.26. The molecule has 0 aromatic heterocycles. The average molecular weight is 335 g/mol. The van der Waals surface area contributed by atoms with Gasteiger partial charge in [0.1, 0.15) is 0 Å². The molecule has 0 radical (unpaired) electrons. The van der Waals surface area contributed by atoms with E-state index in [2.05, 4.69) is 4.74 Å². The van der Waals surface area contributed by atoms with Gasteiger partial charge >= 0.3 is 11.9 Å². The molecule has 2 rings (SSSR count). The van der Waals surface area contributed by atoms with Crippen LogP contribution in [0.25, 0.3) is 0 Å². The van der Waals surface area contributed by atoms with Crippen LogP contribution < -0.4 is 10.2 Å². The van der Waals surface area contributed by atoms with E-state index in [4.69, 9.17) is 4.74 Å². The number of amides is 2. The molecular formula is C16H19N2O6+. The van der Waals surface area contributed by atoms with Crippen molar-refractivity contribution >= 4 is 29.4 Å². The molecule has 1 aliphatic heterocycles. The lowest BCUT2D eigenvalue weighted by atomic mass is 10.2. The standard InChI is InChI=1S/C16H18N2O6/c1-3-24-16(22)10-4-6-11(7-5-10)18-13(19)8-12(15(18)21)17-9-14(20)23-2/h4-7,12,17H,3,8-9H2,1-2H3/p+1/t12-/m1/s1. The van der Waals surface area contributed by atoms with Crippen LogP contribution in [0.5, 0.6) is 0 Å². The molecule has 1 atom stereocenters. The van der Waals surface area contributed by atoms with Gasteiger partial charge in [-0.3, -0.25) is 9.59 Å². The van der Waals surface area contributed by atoms with Crippen LogP contribution in [-0.4, -0.2) is 50.1 Å². The van der Waals surface area contributed by atoms with Crippen LogP contribution >= 0.6 is 0 Å². The second-order valence-electron chi connectivity index (χ2n) is 5.16. The molecule has 1 saturated heterocycles. The zero-order chi connectivity index (χ0) is 17.7. The number of ether oxygens (including phenoxy) is 2. The first-order valence-electron chi connectivity index (χ1n) is 7.52. The van der Waals surface area contributed by atoms with E-state index in [1.54, 1.807) is 6.92 Å². The third kappa shape index (κ3) is 3.77. The van der Waals surface area contributed by atoms with Crippen molar-refractivity contribution in [3.05, 3.63) is 29.8 Å². The Kier molecular flexibility index (Phi) is 5.64. The van der Waals surface area contributed by atoms with E-state index in [-0.39, 0.29) is 25.5 Å². The molecule has 0 bridgehead atoms. The minimum absolute atomic E-state index is 0.00938. The Labute approximate surface area is 138 Å². The number of hydrogen-bond acceptors (Lipinski definition) is 6. The van der Waals surface area contributed by atoms with Crippen LogP contribution in [0, 0.1) is 0 Å². The summed E-state index contributed by atoms with van der Waals surface area (Å²) in [5, 5.41) is 1.49. The van der Waals surface area contributed by atoms with Crippen LogP contribution in [0.1, 0.15) is 23.7 Å². The van der Waals surface area contributed by atoms with Gasteiger partial charge in [0, 0.05) is 0 Å². The van der Waals surface area contributed by atoms with Gasteiger partial charge < -0.3 is 14.8 Å². The fraction of sp³-hybridized carbons (Fsp3) is 0.375. The lowest BCUT2D eigenvalue weighted by molar-refractivity contribution is -0.665. The summed E-state index contributed by atoms with van der Waals surface area (Å²) in [6, 6.07) is 5.38. The normalized spacial score (nSPS) is 17.1. The third-order valence-electron chi connectivity index (χ3n) is 3.61. The number of anilines is 1. The summed E-state index contributed by atoms with van der Waals surface area (Å²) in [5.74, 6) is -1.68. The Balaban J connectivity index is 2.08. The zero-order valence-electron chi connectivity index (χ0n) is 13.5. The van der Waals surface area contributed by atoms with Crippen LogP contribution in [0.4, 0.5) is 5.69 Å². The van der Waals surface area contributed by atoms with Crippen LogP contribution in [0.2, 0.25) is 0 Å². The highest BCUT2D eigenvalue weighted by Crippen LogP contribution is 2.22. The quantitative estimate of drug-likeness (QED) is 0.540. The average Bonchev–Trinajstić information content (AvgIpc) is 2.87. The van der Waals surface area contributed by atoms with E-state index in [1.807, 2.05) is 0 Å². The van der Waals surface area contributed by atoms with E-state index in [1.165, 1.54) is 36.7 Å². The number of nitrogens with two attached hydrogens (primary N) is 1. The van der Waals surface area contributed by atoms with Crippen LogP contribution in [-0.2, 0) is 23.9 Å². The molecular weight excluding hydrogens is 316 g/mol. The Morgan fingerprint density at radius 3 is 2.50 bits per heavy atom. The van der Waals surface area contributed by atoms with Gasteiger partial charge in [-0.25, -0.2) is 14.5 Å². The second kappa shape index (κ2) is 7.69. The fourth-order valence-electron chi connectivity index (χ4n) is 2.39. The Morgan fingerprint density at radius 2 is 1.92 bits per heavy atom. The van der Waals surface area contributed by atoms with Crippen molar-refractivity contribution in [1.29, 1.82) is 0 Å². The van der Waals surface area contributed by atoms with E-state index in [0.29, 0.717) is 11.3 Å². The maximum absolute atomic E-state index is 12.4. The maximum Gasteiger partial charge on any atom is 0.361 e. The fourth-order valence-corrected chi connectivity index (χ4v) is 2.39. The van der Waals surface area contributed by atoms with Crippen molar-refractivity contribution in [2.45, 2.75) is 19.4 Å². The highest BCUT2D eigenvalue weighted by Gasteiger charge is 2.42. The summed E-state index contributed by atoms with van der Waals surface area (Å²) in [5.41, 5.74) is 0.723. The molecule has 1 heterocycles. The number of hydrogen-bond donors (Lipinski definition) is 1. The first-order valence-corrected chi connectivity index (χ1v) is 7.52. The summed E-state index contributed by atoms with van der Waals surface area (Å²) in [6.07, 6.45) is 0.00938. The number of carbonyl (C=O) groups excluding carboxylic acids is 4. The van der Waals surface area contributed by atoms with Gasteiger partial charge in [0.15, 0.2) is 12.6 Å². The molecule has 0 aliphatic carbocycles. The Morgan fingerprint density at radius 1 is 1.25 bits per heavy atom. The first kappa shape index (κ1) is 17.6. The van der Waals surface area contributed by atoms with Gasteiger partial charge in [-0.2, -0.15) is 0 Å².